The predicted molar refractivity (Wildman–Crippen MR) is 85.7 cm³/mol. The number of thiophene rings is 1. The lowest BCUT2D eigenvalue weighted by molar-refractivity contribution is 0.342. The normalized spacial score (nSPS) is 22.6. The number of hydrogen-bond donors (Lipinski definition) is 1. The standard InChI is InChI=1S/C15H19N3OS2/c1-2-4-10(3-1)21-9-13-17-15(19-18-13)14-11-6-8-20-12(11)5-7-16-14/h6,8,10,14,16H,1-5,7,9H2. The van der Waals surface area contributed by atoms with Crippen molar-refractivity contribution in [1.82, 2.24) is 15.5 Å². The Morgan fingerprint density at radius 2 is 2.29 bits per heavy atom. The van der Waals surface area contributed by atoms with Crippen molar-refractivity contribution in [3.05, 3.63) is 33.6 Å². The molecule has 0 amide bonds. The molecule has 112 valence electrons. The zero-order valence-electron chi connectivity index (χ0n) is 11.9. The van der Waals surface area contributed by atoms with Crippen molar-refractivity contribution in [1.29, 1.82) is 0 Å². The Balaban J connectivity index is 1.45. The van der Waals surface area contributed by atoms with Gasteiger partial charge in [0.1, 0.15) is 6.04 Å². The van der Waals surface area contributed by atoms with Crippen LogP contribution in [0.25, 0.3) is 0 Å². The minimum atomic E-state index is 0.0812. The van der Waals surface area contributed by atoms with E-state index in [4.69, 9.17) is 4.52 Å². The number of nitrogens with zero attached hydrogens (tertiary/aromatic N) is 2. The monoisotopic (exact) mass is 321 g/mol. The first-order valence-corrected chi connectivity index (χ1v) is 9.57. The molecule has 2 aromatic rings. The van der Waals surface area contributed by atoms with Gasteiger partial charge in [0.15, 0.2) is 5.82 Å². The molecule has 1 unspecified atom stereocenters. The quantitative estimate of drug-likeness (QED) is 0.933. The summed E-state index contributed by atoms with van der Waals surface area (Å²) in [6, 6.07) is 2.26. The molecule has 1 aliphatic carbocycles. The fourth-order valence-corrected chi connectivity index (χ4v) is 5.25. The van der Waals surface area contributed by atoms with E-state index in [-0.39, 0.29) is 6.04 Å². The highest BCUT2D eigenvalue weighted by molar-refractivity contribution is 7.99. The van der Waals surface area contributed by atoms with Gasteiger partial charge in [0, 0.05) is 16.7 Å². The minimum Gasteiger partial charge on any atom is -0.337 e. The topological polar surface area (TPSA) is 51.0 Å². The van der Waals surface area contributed by atoms with Crippen LogP contribution >= 0.6 is 23.1 Å². The summed E-state index contributed by atoms with van der Waals surface area (Å²) >= 11 is 3.80. The van der Waals surface area contributed by atoms with Gasteiger partial charge in [0.05, 0.1) is 5.75 Å². The molecule has 21 heavy (non-hydrogen) atoms. The van der Waals surface area contributed by atoms with Crippen LogP contribution in [0.15, 0.2) is 16.0 Å². The maximum atomic E-state index is 5.51. The summed E-state index contributed by atoms with van der Waals surface area (Å²) in [7, 11) is 0. The summed E-state index contributed by atoms with van der Waals surface area (Å²) in [6.45, 7) is 0.979. The van der Waals surface area contributed by atoms with Crippen LogP contribution in [0.1, 0.15) is 53.9 Å². The molecule has 1 atom stereocenters. The molecule has 1 saturated carbocycles. The fraction of sp³-hybridized carbons (Fsp3) is 0.600. The number of hydrogen-bond acceptors (Lipinski definition) is 6. The third-order valence-corrected chi connectivity index (χ3v) is 6.64. The van der Waals surface area contributed by atoms with Crippen LogP contribution < -0.4 is 5.32 Å². The Bertz CT molecular complexity index is 604. The van der Waals surface area contributed by atoms with E-state index < -0.39 is 0 Å². The first kappa shape index (κ1) is 13.8. The molecule has 1 aliphatic heterocycles. The SMILES string of the molecule is c1cc2c(s1)CCNC2c1nc(CSC2CCCC2)no1. The third kappa shape index (κ3) is 2.89. The lowest BCUT2D eigenvalue weighted by Crippen LogP contribution is -2.29. The van der Waals surface area contributed by atoms with Gasteiger partial charge in [0.2, 0.25) is 5.89 Å². The van der Waals surface area contributed by atoms with Crippen LogP contribution in [-0.4, -0.2) is 21.9 Å². The highest BCUT2D eigenvalue weighted by atomic mass is 32.2. The van der Waals surface area contributed by atoms with E-state index in [1.54, 1.807) is 0 Å². The third-order valence-electron chi connectivity index (χ3n) is 4.27. The zero-order valence-corrected chi connectivity index (χ0v) is 13.5. The maximum absolute atomic E-state index is 5.51. The number of fused-ring (bicyclic) bond motifs is 1. The molecule has 4 nitrogen and oxygen atoms in total. The Morgan fingerprint density at radius 3 is 3.19 bits per heavy atom. The van der Waals surface area contributed by atoms with E-state index in [0.29, 0.717) is 0 Å². The van der Waals surface area contributed by atoms with E-state index in [1.807, 2.05) is 23.1 Å². The lowest BCUT2D eigenvalue weighted by Gasteiger charge is -2.20. The molecule has 6 heteroatoms. The van der Waals surface area contributed by atoms with Gasteiger partial charge in [-0.25, -0.2) is 0 Å². The summed E-state index contributed by atoms with van der Waals surface area (Å²) in [5.41, 5.74) is 1.31. The fourth-order valence-electron chi connectivity index (χ4n) is 3.16. The molecule has 0 radical (unpaired) electrons. The summed E-state index contributed by atoms with van der Waals surface area (Å²) in [4.78, 5) is 6.06. The average molecular weight is 321 g/mol. The van der Waals surface area contributed by atoms with Gasteiger partial charge >= 0.3 is 0 Å². The number of nitrogens with one attached hydrogen (secondary N) is 1. The van der Waals surface area contributed by atoms with Crippen molar-refractivity contribution in [2.75, 3.05) is 6.54 Å². The number of rotatable bonds is 4. The Kier molecular flexibility index (Phi) is 4.01. The predicted octanol–water partition coefficient (Wildman–Crippen LogP) is 3.54. The van der Waals surface area contributed by atoms with E-state index in [9.17, 15) is 0 Å². The summed E-state index contributed by atoms with van der Waals surface area (Å²) in [5.74, 6) is 2.43. The van der Waals surface area contributed by atoms with E-state index >= 15 is 0 Å². The molecule has 1 fully saturated rings. The van der Waals surface area contributed by atoms with Gasteiger partial charge in [-0.3, -0.25) is 0 Å². The van der Waals surface area contributed by atoms with Crippen molar-refractivity contribution in [2.45, 2.75) is 49.1 Å². The van der Waals surface area contributed by atoms with Crippen LogP contribution in [0.3, 0.4) is 0 Å². The van der Waals surface area contributed by atoms with E-state index in [1.165, 1.54) is 36.1 Å². The largest absolute Gasteiger partial charge is 0.337 e. The Labute approximate surface area is 132 Å². The highest BCUT2D eigenvalue weighted by Crippen LogP contribution is 2.33. The van der Waals surface area contributed by atoms with Crippen molar-refractivity contribution in [3.8, 4) is 0 Å². The first-order chi connectivity index (χ1) is 10.4. The summed E-state index contributed by atoms with van der Waals surface area (Å²) < 4.78 is 5.51. The second kappa shape index (κ2) is 6.10. The summed E-state index contributed by atoms with van der Waals surface area (Å²) in [5, 5.41) is 10.6. The van der Waals surface area contributed by atoms with Crippen molar-refractivity contribution in [2.24, 2.45) is 0 Å². The van der Waals surface area contributed by atoms with Crippen LogP contribution in [0.2, 0.25) is 0 Å². The van der Waals surface area contributed by atoms with E-state index in [0.717, 1.165) is 35.7 Å². The molecular weight excluding hydrogens is 302 g/mol. The first-order valence-electron chi connectivity index (χ1n) is 7.64. The van der Waals surface area contributed by atoms with Gasteiger partial charge in [-0.2, -0.15) is 16.7 Å². The number of thioether (sulfide) groups is 1. The van der Waals surface area contributed by atoms with Gasteiger partial charge < -0.3 is 9.84 Å². The van der Waals surface area contributed by atoms with Crippen molar-refractivity contribution >= 4 is 23.1 Å². The molecule has 0 bridgehead atoms. The molecule has 3 heterocycles. The molecule has 4 rings (SSSR count). The maximum Gasteiger partial charge on any atom is 0.248 e. The second-order valence-corrected chi connectivity index (χ2v) is 7.99. The average Bonchev–Trinajstić information content (AvgIpc) is 3.25. The van der Waals surface area contributed by atoms with Crippen LogP contribution in [0.4, 0.5) is 0 Å². The summed E-state index contributed by atoms with van der Waals surface area (Å²) in [6.07, 6.45) is 6.54. The Hall–Kier alpha value is -0.850. The van der Waals surface area contributed by atoms with Gasteiger partial charge in [-0.05, 0) is 36.3 Å². The van der Waals surface area contributed by atoms with Gasteiger partial charge in [-0.1, -0.05) is 18.0 Å². The van der Waals surface area contributed by atoms with Crippen molar-refractivity contribution < 1.29 is 4.52 Å². The van der Waals surface area contributed by atoms with Crippen LogP contribution in [-0.2, 0) is 12.2 Å². The molecule has 1 N–H and O–H groups in total. The minimum absolute atomic E-state index is 0.0812. The smallest absolute Gasteiger partial charge is 0.248 e. The molecule has 0 spiro atoms. The number of aromatic nitrogens is 2. The molecule has 0 saturated heterocycles. The molecular formula is C15H19N3OS2. The lowest BCUT2D eigenvalue weighted by atomic mass is 10.0. The van der Waals surface area contributed by atoms with Crippen molar-refractivity contribution in [3.63, 3.8) is 0 Å². The van der Waals surface area contributed by atoms with E-state index in [2.05, 4.69) is 26.9 Å². The highest BCUT2D eigenvalue weighted by Gasteiger charge is 2.27. The molecule has 0 aromatic carbocycles. The van der Waals surface area contributed by atoms with Crippen LogP contribution in [0.5, 0.6) is 0 Å². The second-order valence-electron chi connectivity index (χ2n) is 5.70. The van der Waals surface area contributed by atoms with Gasteiger partial charge in [0.25, 0.3) is 0 Å². The molecule has 2 aliphatic rings. The Morgan fingerprint density at radius 1 is 1.38 bits per heavy atom. The van der Waals surface area contributed by atoms with Gasteiger partial charge in [-0.15, -0.1) is 11.3 Å². The van der Waals surface area contributed by atoms with Crippen LogP contribution in [0, 0.1) is 0 Å². The molecule has 2 aromatic heterocycles. The zero-order chi connectivity index (χ0) is 14.1.